The number of nitrogens with one attached hydrogen (secondary N) is 1. The second-order valence-corrected chi connectivity index (χ2v) is 4.43. The molecule has 0 aliphatic carbocycles. The van der Waals surface area contributed by atoms with E-state index in [4.69, 9.17) is 10.3 Å². The SMILES string of the molecule is Cc1nc(CCNC(=O)c2ccccc2CCN)no1. The van der Waals surface area contributed by atoms with Gasteiger partial charge in [0.15, 0.2) is 5.82 Å². The first-order chi connectivity index (χ1) is 9.70. The Labute approximate surface area is 117 Å². The first-order valence-corrected chi connectivity index (χ1v) is 6.56. The summed E-state index contributed by atoms with van der Waals surface area (Å²) in [6, 6.07) is 7.48. The molecule has 0 fully saturated rings. The van der Waals surface area contributed by atoms with Crippen molar-refractivity contribution in [1.29, 1.82) is 0 Å². The average molecular weight is 274 g/mol. The number of rotatable bonds is 6. The molecular weight excluding hydrogens is 256 g/mol. The average Bonchev–Trinajstić information content (AvgIpc) is 2.85. The molecule has 0 aliphatic heterocycles. The standard InChI is InChI=1S/C14H18N4O2/c1-10-17-13(18-20-10)7-9-16-14(19)12-5-3-2-4-11(12)6-8-15/h2-5H,6-9,15H2,1H3,(H,16,19). The number of carbonyl (C=O) groups is 1. The fourth-order valence-electron chi connectivity index (χ4n) is 1.94. The van der Waals surface area contributed by atoms with E-state index in [1.54, 1.807) is 13.0 Å². The Morgan fingerprint density at radius 3 is 2.85 bits per heavy atom. The van der Waals surface area contributed by atoms with Crippen molar-refractivity contribution < 1.29 is 9.32 Å². The Morgan fingerprint density at radius 2 is 2.15 bits per heavy atom. The van der Waals surface area contributed by atoms with Crippen LogP contribution < -0.4 is 11.1 Å². The van der Waals surface area contributed by atoms with Gasteiger partial charge in [-0.05, 0) is 24.6 Å². The van der Waals surface area contributed by atoms with E-state index in [1.165, 1.54) is 0 Å². The predicted octanol–water partition coefficient (Wildman–Crippen LogP) is 0.852. The monoisotopic (exact) mass is 274 g/mol. The van der Waals surface area contributed by atoms with Gasteiger partial charge in [0.25, 0.3) is 5.91 Å². The zero-order valence-electron chi connectivity index (χ0n) is 11.4. The van der Waals surface area contributed by atoms with E-state index >= 15 is 0 Å². The fourth-order valence-corrected chi connectivity index (χ4v) is 1.94. The molecule has 0 atom stereocenters. The molecule has 1 aromatic heterocycles. The van der Waals surface area contributed by atoms with Gasteiger partial charge in [-0.25, -0.2) is 0 Å². The van der Waals surface area contributed by atoms with Crippen LogP contribution in [0.25, 0.3) is 0 Å². The Morgan fingerprint density at radius 1 is 1.35 bits per heavy atom. The molecule has 20 heavy (non-hydrogen) atoms. The topological polar surface area (TPSA) is 94.0 Å². The molecule has 6 nitrogen and oxygen atoms in total. The van der Waals surface area contributed by atoms with Crippen molar-refractivity contribution in [3.63, 3.8) is 0 Å². The predicted molar refractivity (Wildman–Crippen MR) is 74.3 cm³/mol. The van der Waals surface area contributed by atoms with Crippen molar-refractivity contribution in [3.05, 3.63) is 47.1 Å². The first-order valence-electron chi connectivity index (χ1n) is 6.56. The summed E-state index contributed by atoms with van der Waals surface area (Å²) in [5.74, 6) is 1.02. The van der Waals surface area contributed by atoms with Gasteiger partial charge >= 0.3 is 0 Å². The molecule has 3 N–H and O–H groups in total. The summed E-state index contributed by atoms with van der Waals surface area (Å²) in [5, 5.41) is 6.63. The maximum atomic E-state index is 12.1. The molecule has 2 aromatic rings. The van der Waals surface area contributed by atoms with Gasteiger partial charge in [0.05, 0.1) is 0 Å². The van der Waals surface area contributed by atoms with E-state index in [0.29, 0.717) is 43.2 Å². The van der Waals surface area contributed by atoms with E-state index in [9.17, 15) is 4.79 Å². The zero-order chi connectivity index (χ0) is 14.4. The molecule has 0 saturated carbocycles. The minimum Gasteiger partial charge on any atom is -0.352 e. The third kappa shape index (κ3) is 3.64. The molecular formula is C14H18N4O2. The lowest BCUT2D eigenvalue weighted by atomic mass is 10.0. The number of aryl methyl sites for hydroxylation is 1. The number of hydrogen-bond acceptors (Lipinski definition) is 5. The van der Waals surface area contributed by atoms with Crippen molar-refractivity contribution >= 4 is 5.91 Å². The summed E-state index contributed by atoms with van der Waals surface area (Å²) in [6.07, 6.45) is 1.23. The van der Waals surface area contributed by atoms with Crippen LogP contribution >= 0.6 is 0 Å². The maximum Gasteiger partial charge on any atom is 0.251 e. The largest absolute Gasteiger partial charge is 0.352 e. The summed E-state index contributed by atoms with van der Waals surface area (Å²) in [7, 11) is 0. The molecule has 1 amide bonds. The number of nitrogens with two attached hydrogens (primary N) is 1. The highest BCUT2D eigenvalue weighted by molar-refractivity contribution is 5.95. The van der Waals surface area contributed by atoms with E-state index in [0.717, 1.165) is 5.56 Å². The number of carbonyl (C=O) groups excluding carboxylic acids is 1. The Balaban J connectivity index is 1.91. The van der Waals surface area contributed by atoms with E-state index in [2.05, 4.69) is 15.5 Å². The summed E-state index contributed by atoms with van der Waals surface area (Å²) in [5.41, 5.74) is 7.18. The van der Waals surface area contributed by atoms with Crippen LogP contribution in [0.15, 0.2) is 28.8 Å². The molecule has 0 saturated heterocycles. The molecule has 2 rings (SSSR count). The van der Waals surface area contributed by atoms with Gasteiger partial charge in [-0.3, -0.25) is 4.79 Å². The Bertz CT molecular complexity index is 580. The van der Waals surface area contributed by atoms with Crippen molar-refractivity contribution in [1.82, 2.24) is 15.5 Å². The van der Waals surface area contributed by atoms with Crippen LogP contribution in [0.2, 0.25) is 0 Å². The normalized spacial score (nSPS) is 10.5. The van der Waals surface area contributed by atoms with Crippen LogP contribution in [-0.4, -0.2) is 29.1 Å². The van der Waals surface area contributed by atoms with E-state index in [1.807, 2.05) is 18.2 Å². The molecule has 0 spiro atoms. The van der Waals surface area contributed by atoms with Gasteiger partial charge in [-0.2, -0.15) is 4.98 Å². The van der Waals surface area contributed by atoms with Crippen LogP contribution in [0.1, 0.15) is 27.6 Å². The summed E-state index contributed by atoms with van der Waals surface area (Å²) >= 11 is 0. The molecule has 1 heterocycles. The third-order valence-electron chi connectivity index (χ3n) is 2.88. The summed E-state index contributed by atoms with van der Waals surface area (Å²) in [4.78, 5) is 16.2. The Kier molecular flexibility index (Phi) is 4.84. The number of nitrogens with zero attached hydrogens (tertiary/aromatic N) is 2. The number of hydrogen-bond donors (Lipinski definition) is 2. The lowest BCUT2D eigenvalue weighted by Crippen LogP contribution is -2.27. The number of benzene rings is 1. The molecule has 0 radical (unpaired) electrons. The third-order valence-corrected chi connectivity index (χ3v) is 2.88. The maximum absolute atomic E-state index is 12.1. The second-order valence-electron chi connectivity index (χ2n) is 4.43. The van der Waals surface area contributed by atoms with Crippen LogP contribution in [-0.2, 0) is 12.8 Å². The van der Waals surface area contributed by atoms with Gasteiger partial charge in [0, 0.05) is 25.5 Å². The van der Waals surface area contributed by atoms with Crippen LogP contribution in [0.3, 0.4) is 0 Å². The van der Waals surface area contributed by atoms with Crippen LogP contribution in [0.4, 0.5) is 0 Å². The lowest BCUT2D eigenvalue weighted by molar-refractivity contribution is 0.0953. The first kappa shape index (κ1) is 14.2. The minimum absolute atomic E-state index is 0.103. The highest BCUT2D eigenvalue weighted by Crippen LogP contribution is 2.09. The molecule has 106 valence electrons. The van der Waals surface area contributed by atoms with Crippen LogP contribution in [0, 0.1) is 6.92 Å². The van der Waals surface area contributed by atoms with Gasteiger partial charge in [0.1, 0.15) is 0 Å². The van der Waals surface area contributed by atoms with Gasteiger partial charge in [-0.1, -0.05) is 23.4 Å². The van der Waals surface area contributed by atoms with Gasteiger partial charge in [-0.15, -0.1) is 0 Å². The zero-order valence-corrected chi connectivity index (χ0v) is 11.4. The quantitative estimate of drug-likeness (QED) is 0.814. The molecule has 0 bridgehead atoms. The van der Waals surface area contributed by atoms with Crippen molar-refractivity contribution in [2.45, 2.75) is 19.8 Å². The lowest BCUT2D eigenvalue weighted by Gasteiger charge is -2.08. The van der Waals surface area contributed by atoms with Gasteiger partial charge in [0.2, 0.25) is 5.89 Å². The van der Waals surface area contributed by atoms with E-state index in [-0.39, 0.29) is 5.91 Å². The number of aromatic nitrogens is 2. The van der Waals surface area contributed by atoms with Crippen LogP contribution in [0.5, 0.6) is 0 Å². The minimum atomic E-state index is -0.103. The summed E-state index contributed by atoms with van der Waals surface area (Å²) in [6.45, 7) is 2.72. The van der Waals surface area contributed by atoms with E-state index < -0.39 is 0 Å². The number of amides is 1. The van der Waals surface area contributed by atoms with Crippen molar-refractivity contribution in [3.8, 4) is 0 Å². The molecule has 6 heteroatoms. The van der Waals surface area contributed by atoms with Crippen molar-refractivity contribution in [2.75, 3.05) is 13.1 Å². The molecule has 0 unspecified atom stereocenters. The van der Waals surface area contributed by atoms with Crippen molar-refractivity contribution in [2.24, 2.45) is 5.73 Å². The highest BCUT2D eigenvalue weighted by atomic mass is 16.5. The highest BCUT2D eigenvalue weighted by Gasteiger charge is 2.10. The van der Waals surface area contributed by atoms with Gasteiger partial charge < -0.3 is 15.6 Å². The molecule has 0 aliphatic rings. The summed E-state index contributed by atoms with van der Waals surface area (Å²) < 4.78 is 4.87. The smallest absolute Gasteiger partial charge is 0.251 e. The Hall–Kier alpha value is -2.21. The molecule has 1 aromatic carbocycles. The fraction of sp³-hybridized carbons (Fsp3) is 0.357. The second kappa shape index (κ2) is 6.81.